The van der Waals surface area contributed by atoms with Gasteiger partial charge in [0.25, 0.3) is 0 Å². The summed E-state index contributed by atoms with van der Waals surface area (Å²) in [5.41, 5.74) is 5.55. The number of hydrogen-bond donors (Lipinski definition) is 1. The van der Waals surface area contributed by atoms with Gasteiger partial charge in [0.1, 0.15) is 5.75 Å². The number of hydrogen-bond acceptors (Lipinski definition) is 6. The molecule has 0 radical (unpaired) electrons. The second kappa shape index (κ2) is 6.03. The molecule has 19 heavy (non-hydrogen) atoms. The molecular weight excluding hydrogens is 336 g/mol. The zero-order valence-corrected chi connectivity index (χ0v) is 12.3. The van der Waals surface area contributed by atoms with Gasteiger partial charge in [0.05, 0.1) is 11.1 Å². The predicted octanol–water partition coefficient (Wildman–Crippen LogP) is 3.06. The summed E-state index contributed by atoms with van der Waals surface area (Å²) in [6.07, 6.45) is 0. The molecule has 0 atom stereocenters. The summed E-state index contributed by atoms with van der Waals surface area (Å²) in [5, 5.41) is 0.587. The van der Waals surface area contributed by atoms with E-state index in [1.165, 1.54) is 0 Å². The molecule has 2 rings (SSSR count). The Balaban J connectivity index is 2.27. The van der Waals surface area contributed by atoms with Crippen LogP contribution >= 0.6 is 27.5 Å². The van der Waals surface area contributed by atoms with Gasteiger partial charge in [0.15, 0.2) is 0 Å². The van der Waals surface area contributed by atoms with Gasteiger partial charge in [-0.15, -0.1) is 4.98 Å². The van der Waals surface area contributed by atoms with Crippen LogP contribution in [0.3, 0.4) is 0 Å². The van der Waals surface area contributed by atoms with Gasteiger partial charge in [-0.2, -0.15) is 9.97 Å². The molecule has 2 N–H and O–H groups in total. The van der Waals surface area contributed by atoms with Crippen LogP contribution < -0.4 is 15.2 Å². The zero-order chi connectivity index (χ0) is 13.8. The first kappa shape index (κ1) is 13.8. The molecule has 0 saturated carbocycles. The SMILES string of the molecule is CCOc1nc(N)nc(Oc2ccc(Cl)cc2Br)n1. The van der Waals surface area contributed by atoms with Crippen LogP contribution in [0.15, 0.2) is 22.7 Å². The van der Waals surface area contributed by atoms with Gasteiger partial charge in [-0.25, -0.2) is 0 Å². The topological polar surface area (TPSA) is 83.2 Å². The predicted molar refractivity (Wildman–Crippen MR) is 74.6 cm³/mol. The van der Waals surface area contributed by atoms with Crippen LogP contribution in [0, 0.1) is 0 Å². The van der Waals surface area contributed by atoms with E-state index in [1.54, 1.807) is 18.2 Å². The number of halogens is 2. The number of nitrogens with two attached hydrogens (primary N) is 1. The summed E-state index contributed by atoms with van der Waals surface area (Å²) in [6, 6.07) is 5.25. The third kappa shape index (κ3) is 3.68. The molecule has 2 aromatic rings. The zero-order valence-electron chi connectivity index (χ0n) is 9.93. The number of rotatable bonds is 4. The highest BCUT2D eigenvalue weighted by Gasteiger charge is 2.09. The Morgan fingerprint density at radius 3 is 2.68 bits per heavy atom. The van der Waals surface area contributed by atoms with E-state index in [-0.39, 0.29) is 18.0 Å². The first-order valence-corrected chi connectivity index (χ1v) is 6.53. The molecule has 1 heterocycles. The molecule has 0 saturated heterocycles. The molecule has 1 aromatic heterocycles. The monoisotopic (exact) mass is 344 g/mol. The molecule has 100 valence electrons. The van der Waals surface area contributed by atoms with E-state index >= 15 is 0 Å². The van der Waals surface area contributed by atoms with Crippen molar-refractivity contribution >= 4 is 33.5 Å². The van der Waals surface area contributed by atoms with Crippen molar-refractivity contribution in [3.8, 4) is 17.8 Å². The van der Waals surface area contributed by atoms with Crippen molar-refractivity contribution < 1.29 is 9.47 Å². The lowest BCUT2D eigenvalue weighted by atomic mass is 10.3. The maximum absolute atomic E-state index is 5.84. The smallest absolute Gasteiger partial charge is 0.330 e. The maximum Gasteiger partial charge on any atom is 0.330 e. The normalized spacial score (nSPS) is 10.3. The maximum atomic E-state index is 5.84. The van der Waals surface area contributed by atoms with Crippen LogP contribution in [-0.2, 0) is 0 Å². The van der Waals surface area contributed by atoms with Crippen LogP contribution in [-0.4, -0.2) is 21.6 Å². The van der Waals surface area contributed by atoms with E-state index in [1.807, 2.05) is 6.92 Å². The quantitative estimate of drug-likeness (QED) is 0.917. The Kier molecular flexibility index (Phi) is 4.39. The van der Waals surface area contributed by atoms with E-state index < -0.39 is 0 Å². The molecule has 0 aliphatic heterocycles. The molecule has 0 unspecified atom stereocenters. The lowest BCUT2D eigenvalue weighted by Crippen LogP contribution is -2.04. The van der Waals surface area contributed by atoms with E-state index in [9.17, 15) is 0 Å². The first-order chi connectivity index (χ1) is 9.08. The molecule has 0 aliphatic rings. The number of benzene rings is 1. The summed E-state index contributed by atoms with van der Waals surface area (Å²) < 4.78 is 11.3. The third-order valence-electron chi connectivity index (χ3n) is 1.98. The molecule has 0 bridgehead atoms. The fourth-order valence-corrected chi connectivity index (χ4v) is 2.01. The number of nitrogen functional groups attached to an aromatic ring is 1. The molecule has 6 nitrogen and oxygen atoms in total. The highest BCUT2D eigenvalue weighted by atomic mass is 79.9. The molecule has 0 amide bonds. The van der Waals surface area contributed by atoms with Gasteiger partial charge in [-0.05, 0) is 41.1 Å². The minimum Gasteiger partial charge on any atom is -0.464 e. The van der Waals surface area contributed by atoms with Crippen LogP contribution in [0.4, 0.5) is 5.95 Å². The average Bonchev–Trinajstić information content (AvgIpc) is 2.32. The van der Waals surface area contributed by atoms with E-state index in [2.05, 4.69) is 30.9 Å². The van der Waals surface area contributed by atoms with Crippen LogP contribution in [0.2, 0.25) is 5.02 Å². The highest BCUT2D eigenvalue weighted by Crippen LogP contribution is 2.31. The Labute approximate surface area is 123 Å². The van der Waals surface area contributed by atoms with Gasteiger partial charge in [-0.3, -0.25) is 0 Å². The summed E-state index contributed by atoms with van der Waals surface area (Å²) >= 11 is 9.17. The van der Waals surface area contributed by atoms with Gasteiger partial charge in [-0.1, -0.05) is 11.6 Å². The Hall–Kier alpha value is -1.60. The number of ether oxygens (including phenoxy) is 2. The van der Waals surface area contributed by atoms with E-state index in [0.717, 1.165) is 0 Å². The Bertz CT molecular complexity index is 597. The van der Waals surface area contributed by atoms with E-state index in [0.29, 0.717) is 21.9 Å². The summed E-state index contributed by atoms with van der Waals surface area (Å²) in [4.78, 5) is 11.7. The molecule has 1 aromatic carbocycles. The van der Waals surface area contributed by atoms with Gasteiger partial charge in [0.2, 0.25) is 5.95 Å². The van der Waals surface area contributed by atoms with Gasteiger partial charge < -0.3 is 15.2 Å². The minimum atomic E-state index is 0.0264. The van der Waals surface area contributed by atoms with Crippen molar-refractivity contribution in [2.24, 2.45) is 0 Å². The minimum absolute atomic E-state index is 0.0264. The number of aromatic nitrogens is 3. The van der Waals surface area contributed by atoms with Gasteiger partial charge in [0, 0.05) is 5.02 Å². The van der Waals surface area contributed by atoms with Crippen molar-refractivity contribution in [3.05, 3.63) is 27.7 Å². The summed E-state index contributed by atoms with van der Waals surface area (Å²) in [7, 11) is 0. The fraction of sp³-hybridized carbons (Fsp3) is 0.182. The molecule has 0 spiro atoms. The lowest BCUT2D eigenvalue weighted by Gasteiger charge is -2.07. The molecule has 0 fully saturated rings. The standard InChI is InChI=1S/C11H10BrClN4O2/c1-2-18-10-15-9(14)16-11(17-10)19-8-4-3-6(13)5-7(8)12/h3-5H,2H2,1H3,(H2,14,15,16,17). The van der Waals surface area contributed by atoms with Crippen LogP contribution in [0.5, 0.6) is 17.8 Å². The van der Waals surface area contributed by atoms with Gasteiger partial charge >= 0.3 is 12.0 Å². The first-order valence-electron chi connectivity index (χ1n) is 5.35. The summed E-state index contributed by atoms with van der Waals surface area (Å²) in [6.45, 7) is 2.24. The van der Waals surface area contributed by atoms with E-state index in [4.69, 9.17) is 26.8 Å². The van der Waals surface area contributed by atoms with Crippen molar-refractivity contribution in [2.75, 3.05) is 12.3 Å². The van der Waals surface area contributed by atoms with Crippen molar-refractivity contribution in [2.45, 2.75) is 6.92 Å². The second-order valence-corrected chi connectivity index (χ2v) is 4.66. The number of nitrogens with zero attached hydrogens (tertiary/aromatic N) is 3. The van der Waals surface area contributed by atoms with Crippen molar-refractivity contribution in [3.63, 3.8) is 0 Å². The third-order valence-corrected chi connectivity index (χ3v) is 2.84. The largest absolute Gasteiger partial charge is 0.464 e. The molecule has 0 aliphatic carbocycles. The molecular formula is C11H10BrClN4O2. The van der Waals surface area contributed by atoms with Crippen molar-refractivity contribution in [1.29, 1.82) is 0 Å². The van der Waals surface area contributed by atoms with Crippen molar-refractivity contribution in [1.82, 2.24) is 15.0 Å². The molecule has 8 heteroatoms. The average molecular weight is 346 g/mol. The Morgan fingerprint density at radius 2 is 2.00 bits per heavy atom. The van der Waals surface area contributed by atoms with Crippen LogP contribution in [0.1, 0.15) is 6.92 Å². The fourth-order valence-electron chi connectivity index (χ4n) is 1.25. The second-order valence-electron chi connectivity index (χ2n) is 3.37. The number of anilines is 1. The highest BCUT2D eigenvalue weighted by molar-refractivity contribution is 9.10. The van der Waals surface area contributed by atoms with Crippen LogP contribution in [0.25, 0.3) is 0 Å². The lowest BCUT2D eigenvalue weighted by molar-refractivity contribution is 0.304. The Morgan fingerprint density at radius 1 is 1.26 bits per heavy atom. The summed E-state index contributed by atoms with van der Waals surface area (Å²) in [5.74, 6) is 0.538.